The van der Waals surface area contributed by atoms with Crippen LogP contribution < -0.4 is 11.5 Å². The van der Waals surface area contributed by atoms with E-state index in [2.05, 4.69) is 127 Å². The normalized spacial score (nSPS) is 12.5. The van der Waals surface area contributed by atoms with E-state index >= 15 is 0 Å². The van der Waals surface area contributed by atoms with Gasteiger partial charge in [-0.15, -0.1) is 0 Å². The number of fused-ring (bicyclic) bond motifs is 2. The van der Waals surface area contributed by atoms with Crippen LogP contribution in [0.2, 0.25) is 0 Å². The first-order valence-corrected chi connectivity index (χ1v) is 22.2. The minimum Gasteiger partial charge on any atom is -0.399 e. The van der Waals surface area contributed by atoms with Crippen LogP contribution in [0.25, 0.3) is 0 Å². The highest BCUT2D eigenvalue weighted by Gasteiger charge is 2.18. The summed E-state index contributed by atoms with van der Waals surface area (Å²) < 4.78 is 0. The van der Waals surface area contributed by atoms with Crippen LogP contribution in [0.1, 0.15) is 57.5 Å². The van der Waals surface area contributed by atoms with Crippen molar-refractivity contribution in [1.29, 1.82) is 0 Å². The van der Waals surface area contributed by atoms with Crippen molar-refractivity contribution in [3.63, 3.8) is 0 Å². The fraction of sp³-hybridized carbons (Fsp3) is 0.265. The molecule has 0 amide bonds. The number of non-ortho nitro benzene ring substituents is 2. The van der Waals surface area contributed by atoms with E-state index < -0.39 is 4.92 Å². The number of nitrogens with two attached hydrogens (primary N) is 2. The zero-order valence-corrected chi connectivity index (χ0v) is 36.8. The average molecular weight is 953 g/mol. The number of halogens is 2. The Labute approximate surface area is 377 Å². The molecule has 12 heteroatoms. The predicted molar refractivity (Wildman–Crippen MR) is 257 cm³/mol. The number of nitrogen functional groups attached to an aromatic ring is 1. The Kier molecular flexibility index (Phi) is 20.3. The molecule has 0 fully saturated rings. The van der Waals surface area contributed by atoms with Crippen molar-refractivity contribution in [3.05, 3.63) is 216 Å². The molecule has 2 aliphatic rings. The van der Waals surface area contributed by atoms with Crippen LogP contribution in [0.4, 0.5) is 17.1 Å². The SMILES string of the molecule is BrCc1ccccc1CBr.C.NCCc1ccc([N+](=O)[O-])cc1.Nc1ccc(CCN2Cc3ccccc3C2)cc1.O=[N+]([O-])c1ccc(CCN2Cc3ccccc3C2)cc1. The maximum atomic E-state index is 10.6. The molecule has 2 aliphatic heterocycles. The third-order valence-electron chi connectivity index (χ3n) is 10.4. The Balaban J connectivity index is 0.000000185. The van der Waals surface area contributed by atoms with E-state index in [1.54, 1.807) is 24.3 Å². The van der Waals surface area contributed by atoms with Gasteiger partial charge in [0.05, 0.1) is 9.85 Å². The second-order valence-electron chi connectivity index (χ2n) is 14.6. The summed E-state index contributed by atoms with van der Waals surface area (Å²) in [5.41, 5.74) is 24.2. The Morgan fingerprint density at radius 2 is 0.803 bits per heavy atom. The molecule has 10 nitrogen and oxygen atoms in total. The molecule has 6 aromatic rings. The van der Waals surface area contributed by atoms with Crippen molar-refractivity contribution in [2.45, 2.75) is 63.5 Å². The lowest BCUT2D eigenvalue weighted by Crippen LogP contribution is -2.19. The summed E-state index contributed by atoms with van der Waals surface area (Å²) in [5, 5.41) is 22.7. The molecular formula is C49H56Br2N6O4. The number of rotatable bonds is 12. The fourth-order valence-electron chi connectivity index (χ4n) is 6.94. The van der Waals surface area contributed by atoms with Crippen molar-refractivity contribution in [2.75, 3.05) is 25.4 Å². The number of nitro groups is 2. The van der Waals surface area contributed by atoms with Gasteiger partial charge in [0.1, 0.15) is 0 Å². The summed E-state index contributed by atoms with van der Waals surface area (Å²) in [4.78, 5) is 25.0. The van der Waals surface area contributed by atoms with E-state index in [9.17, 15) is 20.2 Å². The third-order valence-corrected chi connectivity index (χ3v) is 11.6. The first-order valence-electron chi connectivity index (χ1n) is 19.9. The third kappa shape index (κ3) is 15.6. The summed E-state index contributed by atoms with van der Waals surface area (Å²) in [6.45, 7) is 6.84. The molecule has 320 valence electrons. The smallest absolute Gasteiger partial charge is 0.269 e. The van der Waals surface area contributed by atoms with Gasteiger partial charge < -0.3 is 11.5 Å². The highest BCUT2D eigenvalue weighted by molar-refractivity contribution is 9.09. The van der Waals surface area contributed by atoms with Crippen LogP contribution >= 0.6 is 31.9 Å². The molecule has 0 aromatic heterocycles. The predicted octanol–water partition coefficient (Wildman–Crippen LogP) is 11.2. The van der Waals surface area contributed by atoms with Crippen LogP contribution in [-0.2, 0) is 56.1 Å². The van der Waals surface area contributed by atoms with E-state index in [1.807, 2.05) is 24.3 Å². The van der Waals surface area contributed by atoms with Gasteiger partial charge in [-0.05, 0) is 88.0 Å². The molecule has 0 bridgehead atoms. The quantitative estimate of drug-likeness (QED) is 0.0534. The number of benzene rings is 6. The van der Waals surface area contributed by atoms with E-state index in [1.165, 1.54) is 51.1 Å². The van der Waals surface area contributed by atoms with Gasteiger partial charge in [-0.3, -0.25) is 30.0 Å². The van der Waals surface area contributed by atoms with E-state index in [4.69, 9.17) is 11.5 Å². The first kappa shape index (κ1) is 48.4. The zero-order valence-electron chi connectivity index (χ0n) is 33.7. The monoisotopic (exact) mass is 950 g/mol. The second-order valence-corrected chi connectivity index (χ2v) is 15.7. The molecule has 8 rings (SSSR count). The number of alkyl halides is 2. The van der Waals surface area contributed by atoms with E-state index in [-0.39, 0.29) is 23.7 Å². The number of anilines is 1. The fourth-order valence-corrected chi connectivity index (χ4v) is 8.03. The van der Waals surface area contributed by atoms with Crippen molar-refractivity contribution >= 4 is 48.9 Å². The summed E-state index contributed by atoms with van der Waals surface area (Å²) in [6.07, 6.45) is 2.78. The van der Waals surface area contributed by atoms with Crippen molar-refractivity contribution in [2.24, 2.45) is 5.73 Å². The molecule has 0 atom stereocenters. The number of hydrogen-bond acceptors (Lipinski definition) is 8. The largest absolute Gasteiger partial charge is 0.399 e. The molecule has 2 heterocycles. The molecule has 0 saturated heterocycles. The average Bonchev–Trinajstić information content (AvgIpc) is 3.90. The van der Waals surface area contributed by atoms with Gasteiger partial charge in [0.25, 0.3) is 11.4 Å². The topological polar surface area (TPSA) is 145 Å². The number of hydrogen-bond donors (Lipinski definition) is 2. The molecule has 0 unspecified atom stereocenters. The van der Waals surface area contributed by atoms with Gasteiger partial charge >= 0.3 is 0 Å². The van der Waals surface area contributed by atoms with E-state index in [0.717, 1.165) is 86.0 Å². The minimum atomic E-state index is -0.410. The summed E-state index contributed by atoms with van der Waals surface area (Å²) in [7, 11) is 0. The Morgan fingerprint density at radius 1 is 0.492 bits per heavy atom. The van der Waals surface area contributed by atoms with Gasteiger partial charge in [0.2, 0.25) is 0 Å². The zero-order chi connectivity index (χ0) is 42.7. The van der Waals surface area contributed by atoms with Crippen LogP contribution in [-0.4, -0.2) is 39.3 Å². The molecule has 61 heavy (non-hydrogen) atoms. The molecule has 0 radical (unpaired) electrons. The van der Waals surface area contributed by atoms with Crippen molar-refractivity contribution < 1.29 is 9.85 Å². The molecule has 0 saturated carbocycles. The minimum absolute atomic E-state index is 0. The van der Waals surface area contributed by atoms with Crippen LogP contribution in [0, 0.1) is 20.2 Å². The molecular weight excluding hydrogens is 896 g/mol. The summed E-state index contributed by atoms with van der Waals surface area (Å²) >= 11 is 6.86. The molecule has 0 spiro atoms. The van der Waals surface area contributed by atoms with Crippen LogP contribution in [0.15, 0.2) is 146 Å². The molecule has 0 aliphatic carbocycles. The van der Waals surface area contributed by atoms with Gasteiger partial charge in [-0.2, -0.15) is 0 Å². The molecule has 6 aromatic carbocycles. The van der Waals surface area contributed by atoms with Gasteiger partial charge in [0, 0.05) is 79.9 Å². The lowest BCUT2D eigenvalue weighted by atomic mass is 10.1. The Morgan fingerprint density at radius 3 is 1.11 bits per heavy atom. The summed E-state index contributed by atoms with van der Waals surface area (Å²) in [5.74, 6) is 0. The summed E-state index contributed by atoms with van der Waals surface area (Å²) in [6, 6.07) is 47.1. The number of nitro benzene ring substituents is 2. The maximum Gasteiger partial charge on any atom is 0.269 e. The van der Waals surface area contributed by atoms with Crippen molar-refractivity contribution in [3.8, 4) is 0 Å². The van der Waals surface area contributed by atoms with Crippen LogP contribution in [0.3, 0.4) is 0 Å². The number of nitrogens with zero attached hydrogens (tertiary/aromatic N) is 4. The second kappa shape index (κ2) is 25.5. The molecule has 4 N–H and O–H groups in total. The first-order chi connectivity index (χ1) is 29.1. The van der Waals surface area contributed by atoms with Gasteiger partial charge in [0.15, 0.2) is 0 Å². The van der Waals surface area contributed by atoms with Gasteiger partial charge in [-0.25, -0.2) is 0 Å². The lowest BCUT2D eigenvalue weighted by Gasteiger charge is -2.14. The standard InChI is InChI=1S/C16H16N2O2.C16H18N2.C8H8Br2.C8H10N2O2.CH4/c19-18(20)16-7-5-13(6-8-16)9-10-17-11-14-3-1-2-4-15(14)12-17;17-16-7-5-13(6-8-16)9-10-18-11-14-3-1-2-4-15(14)12-18;9-5-7-3-1-2-4-8(7)6-10;9-6-5-7-1-3-8(4-2-7)10(11)12;/h1-8H,9-12H2;1-8H,9-12,17H2;1-4H,5-6H2;1-4H,5-6,9H2;1H4. The lowest BCUT2D eigenvalue weighted by molar-refractivity contribution is -0.385. The Bertz CT molecular complexity index is 2180. The highest BCUT2D eigenvalue weighted by atomic mass is 79.9. The van der Waals surface area contributed by atoms with Crippen LogP contribution in [0.5, 0.6) is 0 Å². The maximum absolute atomic E-state index is 10.6. The highest BCUT2D eigenvalue weighted by Crippen LogP contribution is 2.24. The van der Waals surface area contributed by atoms with Gasteiger partial charge in [-0.1, -0.05) is 148 Å². The van der Waals surface area contributed by atoms with Crippen molar-refractivity contribution in [1.82, 2.24) is 9.80 Å². The Hall–Kier alpha value is -5.24. The van der Waals surface area contributed by atoms with E-state index in [0.29, 0.717) is 6.54 Å².